The second kappa shape index (κ2) is 7.82. The van der Waals surface area contributed by atoms with Gasteiger partial charge in [0.05, 0.1) is 12.8 Å². The van der Waals surface area contributed by atoms with Gasteiger partial charge in [-0.05, 0) is 56.7 Å². The molecule has 5 nitrogen and oxygen atoms in total. The van der Waals surface area contributed by atoms with Crippen LogP contribution in [0.5, 0.6) is 5.75 Å². The van der Waals surface area contributed by atoms with Crippen LogP contribution in [-0.4, -0.2) is 48.7 Å². The van der Waals surface area contributed by atoms with Gasteiger partial charge in [-0.3, -0.25) is 4.79 Å². The molecule has 1 aliphatic rings. The van der Waals surface area contributed by atoms with Crippen molar-refractivity contribution in [1.29, 1.82) is 0 Å². The lowest BCUT2D eigenvalue weighted by molar-refractivity contribution is 0.0747. The van der Waals surface area contributed by atoms with E-state index in [1.54, 1.807) is 7.11 Å². The Morgan fingerprint density at radius 3 is 2.45 bits per heavy atom. The molecule has 0 atom stereocenters. The Kier molecular flexibility index (Phi) is 5.22. The minimum absolute atomic E-state index is 0.118. The second-order valence-electron chi connectivity index (χ2n) is 7.64. The zero-order chi connectivity index (χ0) is 20.5. The van der Waals surface area contributed by atoms with E-state index < -0.39 is 0 Å². The van der Waals surface area contributed by atoms with E-state index in [0.29, 0.717) is 13.1 Å². The van der Waals surface area contributed by atoms with Crippen molar-refractivity contribution >= 4 is 22.5 Å². The Bertz CT molecular complexity index is 1050. The first-order valence-corrected chi connectivity index (χ1v) is 10.3. The molecule has 0 radical (unpaired) electrons. The van der Waals surface area contributed by atoms with Crippen LogP contribution >= 0.6 is 0 Å². The van der Waals surface area contributed by atoms with Crippen LogP contribution in [0.25, 0.3) is 10.9 Å². The van der Waals surface area contributed by atoms with Gasteiger partial charge in [-0.15, -0.1) is 0 Å². The molecule has 2 heterocycles. The van der Waals surface area contributed by atoms with Crippen molar-refractivity contribution in [2.24, 2.45) is 0 Å². The third kappa shape index (κ3) is 3.35. The molecule has 3 aromatic rings. The highest BCUT2D eigenvalue weighted by molar-refractivity contribution is 5.99. The second-order valence-corrected chi connectivity index (χ2v) is 7.64. The van der Waals surface area contributed by atoms with Crippen molar-refractivity contribution in [2.45, 2.75) is 27.3 Å². The lowest BCUT2D eigenvalue weighted by atomic mass is 10.1. The van der Waals surface area contributed by atoms with E-state index in [9.17, 15) is 4.79 Å². The number of rotatable bonds is 4. The molecule has 1 amide bonds. The van der Waals surface area contributed by atoms with Crippen molar-refractivity contribution < 1.29 is 9.53 Å². The molecule has 152 valence electrons. The Morgan fingerprint density at radius 1 is 1.03 bits per heavy atom. The molecule has 0 bridgehead atoms. The summed E-state index contributed by atoms with van der Waals surface area (Å²) in [5.74, 6) is 0.997. The zero-order valence-corrected chi connectivity index (χ0v) is 17.7. The molecule has 29 heavy (non-hydrogen) atoms. The van der Waals surface area contributed by atoms with Crippen LogP contribution in [0.3, 0.4) is 0 Å². The summed E-state index contributed by atoms with van der Waals surface area (Å²) in [5, 5.41) is 1.18. The monoisotopic (exact) mass is 391 g/mol. The van der Waals surface area contributed by atoms with Gasteiger partial charge < -0.3 is 19.1 Å². The van der Waals surface area contributed by atoms with Crippen LogP contribution in [0.4, 0.5) is 5.69 Å². The van der Waals surface area contributed by atoms with Gasteiger partial charge in [-0.2, -0.15) is 0 Å². The number of carbonyl (C=O) groups is 1. The Labute approximate surface area is 172 Å². The number of carbonyl (C=O) groups excluding carboxylic acids is 1. The number of piperazine rings is 1. The summed E-state index contributed by atoms with van der Waals surface area (Å²) in [4.78, 5) is 17.4. The molecule has 0 N–H and O–H groups in total. The molecule has 5 heteroatoms. The fraction of sp³-hybridized carbons (Fsp3) is 0.375. The first kappa shape index (κ1) is 19.4. The van der Waals surface area contributed by atoms with Gasteiger partial charge in [0.2, 0.25) is 0 Å². The molecule has 0 spiro atoms. The molecule has 1 saturated heterocycles. The van der Waals surface area contributed by atoms with Crippen LogP contribution in [0.1, 0.15) is 28.5 Å². The maximum atomic E-state index is 13.2. The largest absolute Gasteiger partial charge is 0.495 e. The normalized spacial score (nSPS) is 14.5. The Morgan fingerprint density at radius 2 is 1.76 bits per heavy atom. The molecule has 1 fully saturated rings. The van der Waals surface area contributed by atoms with E-state index in [0.717, 1.165) is 36.6 Å². The van der Waals surface area contributed by atoms with Crippen molar-refractivity contribution in [3.05, 3.63) is 59.3 Å². The summed E-state index contributed by atoms with van der Waals surface area (Å²) in [6.07, 6.45) is 0. The molecule has 4 rings (SSSR count). The topological polar surface area (TPSA) is 37.7 Å². The SMILES string of the molecule is CCn1c(C)c(C)c2cc(C(=O)N3CCN(c4ccccc4OC)CC3)ccc21. The minimum Gasteiger partial charge on any atom is -0.495 e. The van der Waals surface area contributed by atoms with E-state index >= 15 is 0 Å². The average molecular weight is 392 g/mol. The van der Waals surface area contributed by atoms with Crippen molar-refractivity contribution in [2.75, 3.05) is 38.2 Å². The number of nitrogens with zero attached hydrogens (tertiary/aromatic N) is 3. The first-order chi connectivity index (χ1) is 14.0. The van der Waals surface area contributed by atoms with Crippen molar-refractivity contribution in [1.82, 2.24) is 9.47 Å². The number of benzene rings is 2. The number of aromatic nitrogens is 1. The quantitative estimate of drug-likeness (QED) is 0.667. The summed E-state index contributed by atoms with van der Waals surface area (Å²) in [5.41, 5.74) is 5.62. The van der Waals surface area contributed by atoms with Gasteiger partial charge in [0.15, 0.2) is 0 Å². The van der Waals surface area contributed by atoms with Crippen LogP contribution < -0.4 is 9.64 Å². The number of para-hydroxylation sites is 2. The number of anilines is 1. The van der Waals surface area contributed by atoms with Crippen molar-refractivity contribution in [3.8, 4) is 5.75 Å². The van der Waals surface area contributed by atoms with E-state index in [-0.39, 0.29) is 5.91 Å². The van der Waals surface area contributed by atoms with Crippen LogP contribution in [0, 0.1) is 13.8 Å². The van der Waals surface area contributed by atoms with Gasteiger partial charge in [-0.25, -0.2) is 0 Å². The first-order valence-electron chi connectivity index (χ1n) is 10.3. The molecule has 0 unspecified atom stereocenters. The zero-order valence-electron chi connectivity index (χ0n) is 17.7. The van der Waals surface area contributed by atoms with E-state index in [4.69, 9.17) is 4.74 Å². The standard InChI is InChI=1S/C24H29N3O2/c1-5-27-18(3)17(2)20-16-19(10-11-21(20)27)24(28)26-14-12-25(13-15-26)22-8-6-7-9-23(22)29-4/h6-11,16H,5,12-15H2,1-4H3. The fourth-order valence-electron chi connectivity index (χ4n) is 4.41. The fourth-order valence-corrected chi connectivity index (χ4v) is 4.41. The van der Waals surface area contributed by atoms with E-state index in [2.05, 4.69) is 48.4 Å². The van der Waals surface area contributed by atoms with Crippen molar-refractivity contribution in [3.63, 3.8) is 0 Å². The maximum absolute atomic E-state index is 13.2. The number of aryl methyl sites for hydroxylation is 2. The van der Waals surface area contributed by atoms with Crippen LogP contribution in [-0.2, 0) is 6.54 Å². The Balaban J connectivity index is 1.52. The summed E-state index contributed by atoms with van der Waals surface area (Å²) in [7, 11) is 1.70. The smallest absolute Gasteiger partial charge is 0.253 e. The molecular weight excluding hydrogens is 362 g/mol. The predicted molar refractivity (Wildman–Crippen MR) is 118 cm³/mol. The molecule has 2 aromatic carbocycles. The number of amides is 1. The summed E-state index contributed by atoms with van der Waals surface area (Å²) < 4.78 is 7.80. The predicted octanol–water partition coefficient (Wildman–Crippen LogP) is 4.25. The number of methoxy groups -OCH3 is 1. The van der Waals surface area contributed by atoms with E-state index in [1.807, 2.05) is 29.2 Å². The summed E-state index contributed by atoms with van der Waals surface area (Å²) in [6.45, 7) is 10.4. The third-order valence-electron chi connectivity index (χ3n) is 6.19. The molecule has 1 aliphatic heterocycles. The minimum atomic E-state index is 0.118. The van der Waals surface area contributed by atoms with E-state index in [1.165, 1.54) is 22.2 Å². The van der Waals surface area contributed by atoms with Crippen LogP contribution in [0.2, 0.25) is 0 Å². The lowest BCUT2D eigenvalue weighted by Gasteiger charge is -2.36. The molecule has 0 aliphatic carbocycles. The molecule has 0 saturated carbocycles. The third-order valence-corrected chi connectivity index (χ3v) is 6.19. The highest BCUT2D eigenvalue weighted by Crippen LogP contribution is 2.29. The summed E-state index contributed by atoms with van der Waals surface area (Å²) in [6, 6.07) is 14.2. The van der Waals surface area contributed by atoms with Gasteiger partial charge in [-0.1, -0.05) is 12.1 Å². The van der Waals surface area contributed by atoms with Gasteiger partial charge in [0, 0.05) is 54.9 Å². The summed E-state index contributed by atoms with van der Waals surface area (Å²) >= 11 is 0. The highest BCUT2D eigenvalue weighted by Gasteiger charge is 2.24. The van der Waals surface area contributed by atoms with Gasteiger partial charge >= 0.3 is 0 Å². The number of fused-ring (bicyclic) bond motifs is 1. The molecular formula is C24H29N3O2. The number of hydrogen-bond donors (Lipinski definition) is 0. The van der Waals surface area contributed by atoms with Crippen LogP contribution in [0.15, 0.2) is 42.5 Å². The average Bonchev–Trinajstić information content (AvgIpc) is 3.02. The van der Waals surface area contributed by atoms with Gasteiger partial charge in [0.1, 0.15) is 5.75 Å². The Hall–Kier alpha value is -2.95. The molecule has 1 aromatic heterocycles. The van der Waals surface area contributed by atoms with Gasteiger partial charge in [0.25, 0.3) is 5.91 Å². The lowest BCUT2D eigenvalue weighted by Crippen LogP contribution is -2.48. The maximum Gasteiger partial charge on any atom is 0.253 e. The number of hydrogen-bond acceptors (Lipinski definition) is 3. The highest BCUT2D eigenvalue weighted by atomic mass is 16.5. The number of ether oxygens (including phenoxy) is 1.